The lowest BCUT2D eigenvalue weighted by Gasteiger charge is -2.11. The molecule has 1 N–H and O–H groups in total. The first-order valence-corrected chi connectivity index (χ1v) is 7.94. The Kier molecular flexibility index (Phi) is 2.94. The van der Waals surface area contributed by atoms with Gasteiger partial charge in [0, 0.05) is 10.0 Å². The number of carbonyl (C=O) groups is 1. The number of benzene rings is 2. The normalized spacial score (nSPS) is 16.8. The maximum Gasteiger partial charge on any atom is 0.340 e. The molecule has 0 bridgehead atoms. The minimum absolute atomic E-state index is 0.299. The van der Waals surface area contributed by atoms with Gasteiger partial charge < -0.3 is 10.1 Å². The van der Waals surface area contributed by atoms with E-state index in [1.165, 1.54) is 11.3 Å². The van der Waals surface area contributed by atoms with Crippen LogP contribution in [-0.2, 0) is 4.74 Å². The standard InChI is InChI=1S/C15H9BrN2O2S/c16-8-5-6-11-12(7-8)21-15(17-11)18-13-9-3-1-2-4-10(9)14(19)20-13/h1-7,13H,(H,17,18)/t13-/m1/s1. The monoisotopic (exact) mass is 360 g/mol. The van der Waals surface area contributed by atoms with Crippen LogP contribution >= 0.6 is 27.3 Å². The quantitative estimate of drug-likeness (QED) is 0.690. The fourth-order valence-electron chi connectivity index (χ4n) is 2.33. The number of cyclic esters (lactones) is 1. The number of anilines is 1. The van der Waals surface area contributed by atoms with E-state index in [2.05, 4.69) is 26.2 Å². The summed E-state index contributed by atoms with van der Waals surface area (Å²) >= 11 is 4.98. The number of ether oxygens (including phenoxy) is 1. The van der Waals surface area contributed by atoms with Crippen LogP contribution in [0.25, 0.3) is 10.2 Å². The van der Waals surface area contributed by atoms with Crippen molar-refractivity contribution < 1.29 is 9.53 Å². The molecule has 1 aliphatic heterocycles. The van der Waals surface area contributed by atoms with Gasteiger partial charge in [0.05, 0.1) is 15.8 Å². The second kappa shape index (κ2) is 4.82. The zero-order chi connectivity index (χ0) is 14.4. The molecule has 2 aromatic carbocycles. The van der Waals surface area contributed by atoms with E-state index in [1.807, 2.05) is 36.4 Å². The molecular formula is C15H9BrN2O2S. The third-order valence-electron chi connectivity index (χ3n) is 3.29. The highest BCUT2D eigenvalue weighted by atomic mass is 79.9. The molecule has 21 heavy (non-hydrogen) atoms. The number of esters is 1. The van der Waals surface area contributed by atoms with Crippen LogP contribution in [-0.4, -0.2) is 11.0 Å². The Morgan fingerprint density at radius 3 is 3.00 bits per heavy atom. The number of halogens is 1. The van der Waals surface area contributed by atoms with Crippen molar-refractivity contribution in [3.63, 3.8) is 0 Å². The zero-order valence-corrected chi connectivity index (χ0v) is 13.1. The number of rotatable bonds is 2. The van der Waals surface area contributed by atoms with Gasteiger partial charge in [-0.2, -0.15) is 0 Å². The van der Waals surface area contributed by atoms with Gasteiger partial charge >= 0.3 is 5.97 Å². The molecule has 104 valence electrons. The molecule has 3 aromatic rings. The topological polar surface area (TPSA) is 51.2 Å². The predicted octanol–water partition coefficient (Wildman–Crippen LogP) is 4.34. The van der Waals surface area contributed by atoms with Gasteiger partial charge in [-0.05, 0) is 24.3 Å². The summed E-state index contributed by atoms with van der Waals surface area (Å²) in [7, 11) is 0. The first kappa shape index (κ1) is 12.8. The van der Waals surface area contributed by atoms with Crippen LogP contribution in [0, 0.1) is 0 Å². The van der Waals surface area contributed by atoms with Gasteiger partial charge in [-0.3, -0.25) is 0 Å². The molecular weight excluding hydrogens is 352 g/mol. The maximum absolute atomic E-state index is 11.8. The average molecular weight is 361 g/mol. The molecule has 0 radical (unpaired) electrons. The molecule has 1 aromatic heterocycles. The average Bonchev–Trinajstić information content (AvgIpc) is 3.01. The number of hydrogen-bond acceptors (Lipinski definition) is 5. The van der Waals surface area contributed by atoms with Crippen LogP contribution in [0.2, 0.25) is 0 Å². The fourth-order valence-corrected chi connectivity index (χ4v) is 3.76. The van der Waals surface area contributed by atoms with Gasteiger partial charge in [0.1, 0.15) is 0 Å². The summed E-state index contributed by atoms with van der Waals surface area (Å²) in [5.74, 6) is -0.299. The van der Waals surface area contributed by atoms with Gasteiger partial charge in [-0.1, -0.05) is 45.5 Å². The molecule has 1 aliphatic rings. The molecule has 0 fully saturated rings. The Balaban J connectivity index is 1.68. The van der Waals surface area contributed by atoms with Crippen molar-refractivity contribution in [1.29, 1.82) is 0 Å². The Morgan fingerprint density at radius 1 is 1.24 bits per heavy atom. The van der Waals surface area contributed by atoms with Crippen LogP contribution < -0.4 is 5.32 Å². The molecule has 0 unspecified atom stereocenters. The fraction of sp³-hybridized carbons (Fsp3) is 0.0667. The highest BCUT2D eigenvalue weighted by molar-refractivity contribution is 9.10. The summed E-state index contributed by atoms with van der Waals surface area (Å²) in [5, 5.41) is 3.92. The second-order valence-electron chi connectivity index (χ2n) is 4.65. The maximum atomic E-state index is 11.8. The van der Waals surface area contributed by atoms with E-state index in [1.54, 1.807) is 6.07 Å². The smallest absolute Gasteiger partial charge is 0.340 e. The van der Waals surface area contributed by atoms with Crippen molar-refractivity contribution in [3.05, 3.63) is 58.1 Å². The van der Waals surface area contributed by atoms with E-state index in [0.29, 0.717) is 5.56 Å². The SMILES string of the molecule is O=C1O[C@@H](Nc2nc3ccc(Br)cc3s2)c2ccccc21. The van der Waals surface area contributed by atoms with E-state index >= 15 is 0 Å². The van der Waals surface area contributed by atoms with Gasteiger partial charge in [0.2, 0.25) is 6.23 Å². The minimum atomic E-state index is -0.474. The van der Waals surface area contributed by atoms with Crippen LogP contribution in [0.1, 0.15) is 22.1 Å². The van der Waals surface area contributed by atoms with Crippen molar-refractivity contribution in [1.82, 2.24) is 4.98 Å². The molecule has 1 atom stereocenters. The summed E-state index contributed by atoms with van der Waals surface area (Å²) in [6.45, 7) is 0. The van der Waals surface area contributed by atoms with Crippen molar-refractivity contribution >= 4 is 48.6 Å². The molecule has 0 saturated heterocycles. The molecule has 2 heterocycles. The zero-order valence-electron chi connectivity index (χ0n) is 10.7. The molecule has 0 aliphatic carbocycles. The molecule has 0 amide bonds. The number of aromatic nitrogens is 1. The summed E-state index contributed by atoms with van der Waals surface area (Å²) in [4.78, 5) is 16.3. The van der Waals surface area contributed by atoms with E-state index in [9.17, 15) is 4.79 Å². The van der Waals surface area contributed by atoms with Gasteiger partial charge in [0.15, 0.2) is 5.13 Å². The lowest BCUT2D eigenvalue weighted by atomic mass is 10.1. The first-order chi connectivity index (χ1) is 10.2. The van der Waals surface area contributed by atoms with E-state index in [0.717, 1.165) is 25.4 Å². The number of thiazole rings is 1. The molecule has 0 saturated carbocycles. The van der Waals surface area contributed by atoms with Crippen LogP contribution in [0.5, 0.6) is 0 Å². The first-order valence-electron chi connectivity index (χ1n) is 6.33. The van der Waals surface area contributed by atoms with Crippen molar-refractivity contribution in [2.75, 3.05) is 5.32 Å². The molecule has 6 heteroatoms. The van der Waals surface area contributed by atoms with E-state index in [-0.39, 0.29) is 5.97 Å². The van der Waals surface area contributed by atoms with Crippen LogP contribution in [0.15, 0.2) is 46.9 Å². The Morgan fingerprint density at radius 2 is 2.10 bits per heavy atom. The van der Waals surface area contributed by atoms with Crippen molar-refractivity contribution in [2.45, 2.75) is 6.23 Å². The highest BCUT2D eigenvalue weighted by Crippen LogP contribution is 2.34. The summed E-state index contributed by atoms with van der Waals surface area (Å²) in [6, 6.07) is 13.3. The van der Waals surface area contributed by atoms with Crippen molar-refractivity contribution in [2.24, 2.45) is 0 Å². The number of hydrogen-bond donors (Lipinski definition) is 1. The van der Waals surface area contributed by atoms with Gasteiger partial charge in [-0.25, -0.2) is 9.78 Å². The van der Waals surface area contributed by atoms with Crippen LogP contribution in [0.3, 0.4) is 0 Å². The molecule has 4 rings (SSSR count). The summed E-state index contributed by atoms with van der Waals surface area (Å²) in [6.07, 6.45) is -0.474. The van der Waals surface area contributed by atoms with Gasteiger partial charge in [0.25, 0.3) is 0 Å². The Bertz CT molecular complexity index is 862. The number of nitrogens with zero attached hydrogens (tertiary/aromatic N) is 1. The third-order valence-corrected chi connectivity index (χ3v) is 4.74. The molecule has 4 nitrogen and oxygen atoms in total. The largest absolute Gasteiger partial charge is 0.434 e. The van der Waals surface area contributed by atoms with Crippen molar-refractivity contribution in [3.8, 4) is 0 Å². The molecule has 0 spiro atoms. The van der Waals surface area contributed by atoms with E-state index in [4.69, 9.17) is 4.74 Å². The lowest BCUT2D eigenvalue weighted by molar-refractivity contribution is 0.0437. The number of fused-ring (bicyclic) bond motifs is 2. The second-order valence-corrected chi connectivity index (χ2v) is 6.59. The highest BCUT2D eigenvalue weighted by Gasteiger charge is 2.30. The lowest BCUT2D eigenvalue weighted by Crippen LogP contribution is -2.09. The minimum Gasteiger partial charge on any atom is -0.434 e. The summed E-state index contributed by atoms with van der Waals surface area (Å²) in [5.41, 5.74) is 2.38. The number of carbonyl (C=O) groups excluding carboxylic acids is 1. The van der Waals surface area contributed by atoms with Gasteiger partial charge in [-0.15, -0.1) is 0 Å². The van der Waals surface area contributed by atoms with Crippen LogP contribution in [0.4, 0.5) is 5.13 Å². The van der Waals surface area contributed by atoms with E-state index < -0.39 is 6.23 Å². The summed E-state index contributed by atoms with van der Waals surface area (Å²) < 4.78 is 7.45. The third kappa shape index (κ3) is 2.20. The predicted molar refractivity (Wildman–Crippen MR) is 85.5 cm³/mol. The Labute approximate surface area is 132 Å². The number of nitrogens with one attached hydrogen (secondary N) is 1. The Hall–Kier alpha value is -1.92.